The van der Waals surface area contributed by atoms with Gasteiger partial charge in [0.2, 0.25) is 5.91 Å². The number of hydrogen-bond acceptors (Lipinski definition) is 1. The molecule has 1 heterocycles. The molecule has 0 bridgehead atoms. The lowest BCUT2D eigenvalue weighted by molar-refractivity contribution is -0.122. The van der Waals surface area contributed by atoms with Crippen molar-refractivity contribution in [3.8, 4) is 0 Å². The molecule has 18 heavy (non-hydrogen) atoms. The van der Waals surface area contributed by atoms with Crippen LogP contribution >= 0.6 is 0 Å². The average Bonchev–Trinajstić information content (AvgIpc) is 2.51. The van der Waals surface area contributed by atoms with Crippen molar-refractivity contribution >= 4 is 11.6 Å². The van der Waals surface area contributed by atoms with E-state index in [0.29, 0.717) is 0 Å². The van der Waals surface area contributed by atoms with Crippen LogP contribution in [0.2, 0.25) is 0 Å². The Kier molecular flexibility index (Phi) is 2.80. The van der Waals surface area contributed by atoms with Gasteiger partial charge in [-0.05, 0) is 36.0 Å². The van der Waals surface area contributed by atoms with Crippen molar-refractivity contribution in [3.63, 3.8) is 0 Å². The predicted octanol–water partition coefficient (Wildman–Crippen LogP) is 3.63. The van der Waals surface area contributed by atoms with Crippen LogP contribution in [0.25, 0.3) is 0 Å². The molecule has 1 aromatic carbocycles. The number of likely N-dealkylation sites (N-methyl/N-ethyl adjacent to an activating group) is 1. The maximum Gasteiger partial charge on any atom is 0.237 e. The van der Waals surface area contributed by atoms with E-state index in [1.165, 1.54) is 11.1 Å². The molecular weight excluding hydrogens is 222 g/mol. The molecule has 1 amide bonds. The fourth-order valence-electron chi connectivity index (χ4n) is 2.67. The zero-order chi connectivity index (χ0) is 13.7. The van der Waals surface area contributed by atoms with Gasteiger partial charge in [0.05, 0.1) is 5.41 Å². The van der Waals surface area contributed by atoms with Gasteiger partial charge in [-0.2, -0.15) is 0 Å². The van der Waals surface area contributed by atoms with Crippen LogP contribution in [-0.2, 0) is 15.6 Å². The first-order chi connectivity index (χ1) is 8.21. The third-order valence-electron chi connectivity index (χ3n) is 4.30. The molecule has 0 aromatic heterocycles. The topological polar surface area (TPSA) is 20.3 Å². The van der Waals surface area contributed by atoms with E-state index in [4.69, 9.17) is 0 Å². The van der Waals surface area contributed by atoms with E-state index in [1.54, 1.807) is 4.90 Å². The number of nitrogens with zero attached hydrogens (tertiary/aromatic N) is 1. The first kappa shape index (κ1) is 13.1. The van der Waals surface area contributed by atoms with Gasteiger partial charge in [-0.25, -0.2) is 0 Å². The Morgan fingerprint density at radius 2 is 1.89 bits per heavy atom. The fraction of sp³-hybridized carbons (Fsp3) is 0.562. The van der Waals surface area contributed by atoms with E-state index in [9.17, 15) is 4.79 Å². The summed E-state index contributed by atoms with van der Waals surface area (Å²) in [4.78, 5) is 14.2. The van der Waals surface area contributed by atoms with Crippen molar-refractivity contribution in [2.75, 3.05) is 11.9 Å². The van der Waals surface area contributed by atoms with Crippen LogP contribution in [0, 0.1) is 0 Å². The Morgan fingerprint density at radius 1 is 1.28 bits per heavy atom. The molecule has 0 spiro atoms. The van der Waals surface area contributed by atoms with Crippen molar-refractivity contribution < 1.29 is 4.79 Å². The maximum absolute atomic E-state index is 12.4. The highest BCUT2D eigenvalue weighted by atomic mass is 16.2. The summed E-state index contributed by atoms with van der Waals surface area (Å²) < 4.78 is 0. The standard InChI is InChI=1S/C16H23NO/c1-7-16(5)12-10-11(15(2,3)4)8-9-13(12)17(6)14(16)18/h8-10H,7H2,1-6H3. The first-order valence-corrected chi connectivity index (χ1v) is 6.65. The molecule has 0 saturated carbocycles. The molecule has 0 N–H and O–H groups in total. The van der Waals surface area contributed by atoms with Gasteiger partial charge >= 0.3 is 0 Å². The van der Waals surface area contributed by atoms with E-state index in [0.717, 1.165) is 12.1 Å². The normalized spacial score (nSPS) is 23.4. The number of amides is 1. The Bertz CT molecular complexity index is 498. The van der Waals surface area contributed by atoms with Crippen molar-refractivity contribution in [3.05, 3.63) is 29.3 Å². The maximum atomic E-state index is 12.4. The number of fused-ring (bicyclic) bond motifs is 1. The van der Waals surface area contributed by atoms with Crippen LogP contribution in [0.15, 0.2) is 18.2 Å². The number of anilines is 1. The summed E-state index contributed by atoms with van der Waals surface area (Å²) in [5, 5.41) is 0. The molecule has 2 nitrogen and oxygen atoms in total. The Labute approximate surface area is 110 Å². The molecule has 1 unspecified atom stereocenters. The van der Waals surface area contributed by atoms with Crippen molar-refractivity contribution in [2.24, 2.45) is 0 Å². The monoisotopic (exact) mass is 245 g/mol. The van der Waals surface area contributed by atoms with Gasteiger partial charge in [-0.1, -0.05) is 39.8 Å². The summed E-state index contributed by atoms with van der Waals surface area (Å²) in [6.45, 7) is 10.8. The van der Waals surface area contributed by atoms with Crippen molar-refractivity contribution in [1.29, 1.82) is 0 Å². The molecular formula is C16H23NO. The number of benzene rings is 1. The molecule has 2 heteroatoms. The van der Waals surface area contributed by atoms with Gasteiger partial charge in [0.25, 0.3) is 0 Å². The molecule has 0 radical (unpaired) electrons. The third-order valence-corrected chi connectivity index (χ3v) is 4.30. The molecule has 2 rings (SSSR count). The number of carbonyl (C=O) groups is 1. The summed E-state index contributed by atoms with van der Waals surface area (Å²) in [7, 11) is 1.87. The highest BCUT2D eigenvalue weighted by Crippen LogP contribution is 2.44. The summed E-state index contributed by atoms with van der Waals surface area (Å²) in [6.07, 6.45) is 0.844. The van der Waals surface area contributed by atoms with Gasteiger partial charge in [-0.3, -0.25) is 4.79 Å². The Morgan fingerprint density at radius 3 is 2.39 bits per heavy atom. The number of hydrogen-bond donors (Lipinski definition) is 0. The van der Waals surface area contributed by atoms with Gasteiger partial charge < -0.3 is 4.90 Å². The second-order valence-corrected chi connectivity index (χ2v) is 6.53. The van der Waals surface area contributed by atoms with E-state index in [-0.39, 0.29) is 16.7 Å². The molecule has 1 aromatic rings. The lowest BCUT2D eigenvalue weighted by Crippen LogP contribution is -2.35. The Hall–Kier alpha value is -1.31. The highest BCUT2D eigenvalue weighted by Gasteiger charge is 2.44. The lowest BCUT2D eigenvalue weighted by atomic mass is 9.78. The largest absolute Gasteiger partial charge is 0.314 e. The molecule has 0 aliphatic carbocycles. The van der Waals surface area contributed by atoms with Gasteiger partial charge in [0.15, 0.2) is 0 Å². The van der Waals surface area contributed by atoms with Crippen LogP contribution < -0.4 is 4.90 Å². The molecule has 0 saturated heterocycles. The number of rotatable bonds is 1. The molecule has 1 aliphatic rings. The van der Waals surface area contributed by atoms with E-state index in [1.807, 2.05) is 7.05 Å². The van der Waals surface area contributed by atoms with Gasteiger partial charge in [0, 0.05) is 12.7 Å². The van der Waals surface area contributed by atoms with Crippen LogP contribution in [0.4, 0.5) is 5.69 Å². The predicted molar refractivity (Wildman–Crippen MR) is 76.2 cm³/mol. The highest BCUT2D eigenvalue weighted by molar-refractivity contribution is 6.07. The zero-order valence-corrected chi connectivity index (χ0v) is 12.3. The summed E-state index contributed by atoms with van der Waals surface area (Å²) in [5.74, 6) is 0.214. The first-order valence-electron chi connectivity index (χ1n) is 6.65. The fourth-order valence-corrected chi connectivity index (χ4v) is 2.67. The second kappa shape index (κ2) is 3.84. The number of carbonyl (C=O) groups excluding carboxylic acids is 1. The van der Waals surface area contributed by atoms with E-state index in [2.05, 4.69) is 52.8 Å². The molecule has 98 valence electrons. The van der Waals surface area contributed by atoms with E-state index >= 15 is 0 Å². The average molecular weight is 245 g/mol. The van der Waals surface area contributed by atoms with Crippen molar-refractivity contribution in [2.45, 2.75) is 51.9 Å². The smallest absolute Gasteiger partial charge is 0.237 e. The second-order valence-electron chi connectivity index (χ2n) is 6.53. The Balaban J connectivity index is 2.64. The van der Waals surface area contributed by atoms with Crippen LogP contribution in [0.1, 0.15) is 52.2 Å². The minimum Gasteiger partial charge on any atom is -0.314 e. The van der Waals surface area contributed by atoms with Crippen LogP contribution in [-0.4, -0.2) is 13.0 Å². The van der Waals surface area contributed by atoms with E-state index < -0.39 is 0 Å². The minimum absolute atomic E-state index is 0.119. The molecule has 0 fully saturated rings. The lowest BCUT2D eigenvalue weighted by Gasteiger charge is -2.24. The molecule has 1 atom stereocenters. The van der Waals surface area contributed by atoms with Crippen LogP contribution in [0.3, 0.4) is 0 Å². The summed E-state index contributed by atoms with van der Waals surface area (Å²) in [5.41, 5.74) is 3.31. The quantitative estimate of drug-likeness (QED) is 0.740. The summed E-state index contributed by atoms with van der Waals surface area (Å²) in [6, 6.07) is 6.46. The third kappa shape index (κ3) is 1.66. The van der Waals surface area contributed by atoms with Crippen molar-refractivity contribution in [1.82, 2.24) is 0 Å². The van der Waals surface area contributed by atoms with Crippen LogP contribution in [0.5, 0.6) is 0 Å². The summed E-state index contributed by atoms with van der Waals surface area (Å²) >= 11 is 0. The minimum atomic E-state index is -0.356. The van der Waals surface area contributed by atoms with Gasteiger partial charge in [-0.15, -0.1) is 0 Å². The SMILES string of the molecule is CCC1(C)C(=O)N(C)c2ccc(C(C)(C)C)cc21. The molecule has 1 aliphatic heterocycles. The van der Waals surface area contributed by atoms with Gasteiger partial charge in [0.1, 0.15) is 0 Å². The zero-order valence-electron chi connectivity index (χ0n) is 12.3.